The van der Waals surface area contributed by atoms with Crippen molar-refractivity contribution < 1.29 is 28.0 Å². The summed E-state index contributed by atoms with van der Waals surface area (Å²) in [4.78, 5) is 93.6. The van der Waals surface area contributed by atoms with Crippen molar-refractivity contribution >= 4 is 56.8 Å². The van der Waals surface area contributed by atoms with E-state index in [1.807, 2.05) is 97.8 Å². The molecule has 0 saturated heterocycles. The Kier molecular flexibility index (Phi) is 17.2. The van der Waals surface area contributed by atoms with Gasteiger partial charge in [-0.1, -0.05) is 100 Å². The van der Waals surface area contributed by atoms with Crippen LogP contribution >= 0.6 is 0 Å². The van der Waals surface area contributed by atoms with Crippen LogP contribution in [0, 0.1) is 35.3 Å². The van der Waals surface area contributed by atoms with Crippen LogP contribution in [0.2, 0.25) is 0 Å². The van der Waals surface area contributed by atoms with E-state index in [4.69, 9.17) is 0 Å². The Morgan fingerprint density at radius 1 is 0.558 bits per heavy atom. The zero-order valence-corrected chi connectivity index (χ0v) is 49.5. The fourth-order valence-corrected chi connectivity index (χ4v) is 11.6. The number of hydrogen-bond donors (Lipinski definition) is 6. The molecule has 0 saturated carbocycles. The van der Waals surface area contributed by atoms with E-state index in [0.717, 1.165) is 44.1 Å². The minimum atomic E-state index is -1.00. The number of pyridine rings is 2. The molecule has 4 amide bonds. The van der Waals surface area contributed by atoms with Gasteiger partial charge in [-0.05, 0) is 111 Å². The van der Waals surface area contributed by atoms with Crippen LogP contribution in [0.25, 0.3) is 21.8 Å². The summed E-state index contributed by atoms with van der Waals surface area (Å²) in [6.45, 7) is 12.3. The molecule has 6 N–H and O–H groups in total. The van der Waals surface area contributed by atoms with E-state index in [2.05, 4.69) is 54.9 Å². The van der Waals surface area contributed by atoms with Crippen molar-refractivity contribution in [3.05, 3.63) is 199 Å². The van der Waals surface area contributed by atoms with Crippen molar-refractivity contribution in [2.24, 2.45) is 0 Å². The zero-order valence-electron chi connectivity index (χ0n) is 49.5. The van der Waals surface area contributed by atoms with E-state index < -0.39 is 35.0 Å². The summed E-state index contributed by atoms with van der Waals surface area (Å²) in [6.07, 6.45) is 4.65. The summed E-state index contributed by atoms with van der Waals surface area (Å²) in [5.74, 6) is 10.3. The molecule has 0 spiro atoms. The molecule has 6 heterocycles. The molecule has 0 unspecified atom stereocenters. The number of amides is 4. The molecule has 2 aliphatic heterocycles. The molecule has 2 aliphatic rings. The van der Waals surface area contributed by atoms with Gasteiger partial charge in [0, 0.05) is 106 Å². The van der Waals surface area contributed by atoms with Gasteiger partial charge in [-0.2, -0.15) is 0 Å². The van der Waals surface area contributed by atoms with Crippen molar-refractivity contribution in [3.8, 4) is 23.7 Å². The van der Waals surface area contributed by atoms with Gasteiger partial charge < -0.3 is 50.2 Å². The van der Waals surface area contributed by atoms with Crippen LogP contribution in [0.5, 0.6) is 0 Å². The Balaban J connectivity index is 0.879. The molecule has 18 heteroatoms. The fourth-order valence-electron chi connectivity index (χ4n) is 11.6. The maximum atomic E-state index is 15.0. The molecule has 10 rings (SSSR count). The monoisotopic (exact) mass is 1160 g/mol. The van der Waals surface area contributed by atoms with Crippen LogP contribution in [0.15, 0.2) is 131 Å². The second kappa shape index (κ2) is 24.7. The number of carbonyl (C=O) groups excluding carboxylic acids is 4. The summed E-state index contributed by atoms with van der Waals surface area (Å²) in [5.41, 5.74) is 6.20. The highest BCUT2D eigenvalue weighted by Crippen LogP contribution is 2.41. The van der Waals surface area contributed by atoms with Crippen molar-refractivity contribution in [3.63, 3.8) is 0 Å². The molecular formula is C68H70F2N10O6. The minimum absolute atomic E-state index is 0.149. The number of fused-ring (bicyclic) bond motifs is 4. The highest BCUT2D eigenvalue weighted by Gasteiger charge is 2.44. The van der Waals surface area contributed by atoms with Gasteiger partial charge in [-0.3, -0.25) is 28.8 Å². The summed E-state index contributed by atoms with van der Waals surface area (Å²) >= 11 is 0. The van der Waals surface area contributed by atoms with Gasteiger partial charge in [-0.15, -0.1) is 0 Å². The Labute approximate surface area is 497 Å². The largest absolute Gasteiger partial charge is 0.343 e. The maximum absolute atomic E-state index is 15.0. The number of aromatic amines is 2. The smallest absolute Gasteiger partial charge is 0.251 e. The third kappa shape index (κ3) is 12.5. The number of anilines is 2. The maximum Gasteiger partial charge on any atom is 0.251 e. The Morgan fingerprint density at radius 2 is 0.930 bits per heavy atom. The second-order valence-electron chi connectivity index (χ2n) is 23.7. The first-order valence-electron chi connectivity index (χ1n) is 28.8. The van der Waals surface area contributed by atoms with Crippen molar-refractivity contribution in [2.75, 3.05) is 37.0 Å². The van der Waals surface area contributed by atoms with Gasteiger partial charge in [0.05, 0.1) is 36.5 Å². The van der Waals surface area contributed by atoms with Gasteiger partial charge in [0.25, 0.3) is 11.1 Å². The molecular weight excluding hydrogens is 1090 g/mol. The van der Waals surface area contributed by atoms with Gasteiger partial charge in [0.15, 0.2) is 0 Å². The Morgan fingerprint density at radius 3 is 1.30 bits per heavy atom. The van der Waals surface area contributed by atoms with E-state index in [0.29, 0.717) is 33.9 Å². The number of likely N-dealkylation sites (N-methyl/N-ethyl adjacent to an activating group) is 2. The fraction of sp³-hybridized carbons (Fsp3) is 0.324. The zero-order chi connectivity index (χ0) is 61.2. The van der Waals surface area contributed by atoms with E-state index in [1.54, 1.807) is 74.1 Å². The van der Waals surface area contributed by atoms with E-state index in [1.165, 1.54) is 24.3 Å². The molecule has 0 radical (unpaired) electrons. The number of nitrogens with one attached hydrogen (secondary N) is 6. The number of halogens is 2. The Hall–Kier alpha value is -9.36. The third-order valence-corrected chi connectivity index (χ3v) is 16.6. The van der Waals surface area contributed by atoms with Crippen LogP contribution < -0.4 is 42.2 Å². The van der Waals surface area contributed by atoms with Crippen LogP contribution in [-0.2, 0) is 68.8 Å². The Bertz CT molecular complexity index is 3920. The first-order valence-corrected chi connectivity index (χ1v) is 28.8. The summed E-state index contributed by atoms with van der Waals surface area (Å²) in [7, 11) is 3.35. The van der Waals surface area contributed by atoms with Gasteiger partial charge in [0.1, 0.15) is 23.7 Å². The average Bonchev–Trinajstić information content (AvgIpc) is 2.35. The van der Waals surface area contributed by atoms with E-state index in [9.17, 15) is 28.0 Å². The standard InChI is InChI=1S/C68H70F2N10O6/c1-41(71-7)61(81)73-53(65(85)79-39-67(3,4)59-57(79)35-45(63(83)75-59)31-43-21-25-49(69)26-22-43)33-47-37-77(55-19-13-11-17-51(47)55)29-15-9-10-16-30-78-38-48(52-18-12-14-20-56(52)78)34-54(74-62(82)42(2)72-8)66(86)80-40-68(5,6)60-58(80)36-46(64(84)76-60)32-44-23-27-50(70)28-24-44/h11-14,17-28,35-38,41-42,53-54,71-72H,29-34,39-40H2,1-8H3,(H,73,81)(H,74,82)(H,75,83)(H,76,84)/t41-,42-,53+,54+/m1/s1. The van der Waals surface area contributed by atoms with Crippen LogP contribution in [0.3, 0.4) is 0 Å². The van der Waals surface area contributed by atoms with Crippen LogP contribution in [-0.4, -0.2) is 94.1 Å². The van der Waals surface area contributed by atoms with Crippen molar-refractivity contribution in [1.82, 2.24) is 40.4 Å². The number of carbonyl (C=O) groups is 4. The lowest BCUT2D eigenvalue weighted by Crippen LogP contribution is -2.53. The van der Waals surface area contributed by atoms with Crippen molar-refractivity contribution in [1.29, 1.82) is 0 Å². The SMILES string of the molecule is CN[C@H](C)C(=O)N[C@@H](Cc1cn(CC#CC#CCn2cc(C[C@H](NC(=O)[C@@H](C)NC)C(=O)N3CC(C)(C)c4[nH]c(=O)c(Cc5ccc(F)cc5)cc43)c3ccccc32)c2ccccc12)C(=O)N1CC(C)(C)c2[nH]c(=O)c(Cc3ccc(F)cc3)cc21. The normalized spacial score (nSPS) is 15.2. The number of rotatable bonds is 18. The van der Waals surface area contributed by atoms with E-state index in [-0.39, 0.29) is 98.2 Å². The summed E-state index contributed by atoms with van der Waals surface area (Å²) < 4.78 is 31.6. The van der Waals surface area contributed by atoms with Crippen LogP contribution in [0.4, 0.5) is 20.2 Å². The number of nitrogens with zero attached hydrogens (tertiary/aromatic N) is 4. The number of aromatic nitrogens is 4. The summed E-state index contributed by atoms with van der Waals surface area (Å²) in [6, 6.07) is 27.8. The molecule has 0 fully saturated rings. The molecule has 442 valence electrons. The quantitative estimate of drug-likeness (QED) is 0.0491. The lowest BCUT2D eigenvalue weighted by molar-refractivity contribution is -0.128. The molecule has 4 atom stereocenters. The third-order valence-electron chi connectivity index (χ3n) is 16.6. The lowest BCUT2D eigenvalue weighted by atomic mass is 9.91. The molecule has 0 bridgehead atoms. The van der Waals surface area contributed by atoms with Gasteiger partial charge in [0.2, 0.25) is 23.6 Å². The number of hydrogen-bond acceptors (Lipinski definition) is 8. The topological polar surface area (TPSA) is 198 Å². The lowest BCUT2D eigenvalue weighted by Gasteiger charge is -2.27. The van der Waals surface area contributed by atoms with E-state index >= 15 is 9.59 Å². The molecule has 86 heavy (non-hydrogen) atoms. The predicted molar refractivity (Wildman–Crippen MR) is 331 cm³/mol. The van der Waals surface area contributed by atoms with Crippen molar-refractivity contribution in [2.45, 2.75) is 115 Å². The van der Waals surface area contributed by atoms with Crippen LogP contribution in [0.1, 0.15) is 86.3 Å². The first kappa shape index (κ1) is 59.8. The average molecular weight is 1160 g/mol. The molecule has 0 aliphatic carbocycles. The number of H-pyrrole nitrogens is 2. The predicted octanol–water partition coefficient (Wildman–Crippen LogP) is 7.06. The highest BCUT2D eigenvalue weighted by molar-refractivity contribution is 6.03. The number of benzene rings is 4. The summed E-state index contributed by atoms with van der Waals surface area (Å²) in [5, 5.41) is 13.8. The minimum Gasteiger partial charge on any atom is -0.343 e. The molecule has 4 aromatic heterocycles. The highest BCUT2D eigenvalue weighted by atomic mass is 19.1. The second-order valence-corrected chi connectivity index (χ2v) is 23.7. The van der Waals surface area contributed by atoms with Gasteiger partial charge in [-0.25, -0.2) is 8.78 Å². The molecule has 16 nitrogen and oxygen atoms in total. The first-order chi connectivity index (χ1) is 41.1. The number of para-hydroxylation sites is 2. The van der Waals surface area contributed by atoms with Gasteiger partial charge >= 0.3 is 0 Å². The molecule has 8 aromatic rings. The molecule has 4 aromatic carbocycles.